The highest BCUT2D eigenvalue weighted by atomic mass is 16.6. The van der Waals surface area contributed by atoms with Crippen molar-refractivity contribution >= 4 is 47.8 Å². The molecule has 8 aromatic rings. The first-order valence-electron chi connectivity index (χ1n) is 53.4. The van der Waals surface area contributed by atoms with Gasteiger partial charge in [-0.15, -0.1) is 0 Å². The normalized spacial score (nSPS) is 14.2. The maximum absolute atomic E-state index is 12.4. The molecule has 848 valence electrons. The second-order valence-corrected chi connectivity index (χ2v) is 41.8. The first-order chi connectivity index (χ1) is 67.3. The van der Waals surface area contributed by atoms with Gasteiger partial charge in [-0.1, -0.05) is 453 Å². The quantitative estimate of drug-likeness (QED) is 0.0258. The van der Waals surface area contributed by atoms with Crippen molar-refractivity contribution in [2.75, 3.05) is 0 Å². The Morgan fingerprint density at radius 1 is 0.260 bits per heavy atom. The van der Waals surface area contributed by atoms with Crippen LogP contribution in [0.5, 0.6) is 0 Å². The topological polar surface area (TPSA) is 210 Å². The molecule has 8 aromatic carbocycles. The van der Waals surface area contributed by atoms with E-state index in [-0.39, 0.29) is 192 Å². The van der Waals surface area contributed by atoms with E-state index < -0.39 is 21.7 Å². The van der Waals surface area contributed by atoms with Crippen molar-refractivity contribution in [3.63, 3.8) is 0 Å². The van der Waals surface area contributed by atoms with E-state index in [4.69, 9.17) is 37.9 Å². The Bertz CT molecular complexity index is 4820. The number of hydrogen-bond donors (Lipinski definition) is 0. The number of ether oxygens (including phenoxy) is 8. The summed E-state index contributed by atoms with van der Waals surface area (Å²) < 4.78 is 45.3. The largest absolute Gasteiger partial charge is 0.458 e. The molecule has 0 bridgehead atoms. The van der Waals surface area contributed by atoms with Crippen LogP contribution in [0.2, 0.25) is 0 Å². The van der Waals surface area contributed by atoms with Crippen molar-refractivity contribution in [3.05, 3.63) is 286 Å². The van der Waals surface area contributed by atoms with Crippen LogP contribution in [0.3, 0.4) is 0 Å². The molecule has 2 aliphatic rings. The fraction of sp³-hybridized carbons (Fsp3) is 0.582. The van der Waals surface area contributed by atoms with Crippen molar-refractivity contribution in [1.29, 1.82) is 0 Å². The maximum Gasteiger partial charge on any atom is 0.312 e. The lowest BCUT2D eigenvalue weighted by atomic mass is 9.89. The third kappa shape index (κ3) is 53.2. The number of carbonyl (C=O) groups excluding carboxylic acids is 8. The summed E-state index contributed by atoms with van der Waals surface area (Å²) in [7, 11) is 0. The van der Waals surface area contributed by atoms with Gasteiger partial charge in [0.15, 0.2) is 0 Å². The zero-order valence-electron chi connectivity index (χ0n) is 92.9. The molecular formula is C134H216O16. The lowest BCUT2D eigenvalue weighted by molar-refractivity contribution is -0.163. The first-order valence-corrected chi connectivity index (χ1v) is 53.4. The summed E-state index contributed by atoms with van der Waals surface area (Å²) in [6.07, 6.45) is 18.9. The van der Waals surface area contributed by atoms with E-state index >= 15 is 0 Å². The SMILES string of the molecule is C.C.C.C.C.C.C.C.CCC(C)(C)C(=O)OC(C)c1ccccc1C.CCC(C)(C)C(=O)OC(c1ccccc1)C(C)C.CCC(C)(C)C(=O)OC(c1ccccc1)C1CCCC1.CCC(C)C(=O)OC(C)c1ccccc1C.CCC(C)C(=O)OC(c1ccccc1)C(C)C.CCC(C)C(=O)OC(c1ccccc1)C1CCCC1.CCCC(OC(=O)C(C)(C)CC)c1ccccc1.CCCC(OC(=O)C(C)CC)c1ccccc1. The zero-order chi connectivity index (χ0) is 106. The summed E-state index contributed by atoms with van der Waals surface area (Å²) >= 11 is 0. The molecule has 12 unspecified atom stereocenters. The number of rotatable bonds is 40. The van der Waals surface area contributed by atoms with Crippen LogP contribution in [0, 0.1) is 82.9 Å². The van der Waals surface area contributed by atoms with Crippen LogP contribution >= 0.6 is 0 Å². The average molecular weight is 2080 g/mol. The molecule has 150 heavy (non-hydrogen) atoms. The van der Waals surface area contributed by atoms with Crippen molar-refractivity contribution in [2.24, 2.45) is 69.0 Å². The van der Waals surface area contributed by atoms with Crippen molar-refractivity contribution in [1.82, 2.24) is 0 Å². The lowest BCUT2D eigenvalue weighted by Gasteiger charge is -2.29. The molecule has 16 nitrogen and oxygen atoms in total. The van der Waals surface area contributed by atoms with E-state index in [1.54, 1.807) is 0 Å². The molecule has 16 heteroatoms. The maximum atomic E-state index is 12.4. The first kappa shape index (κ1) is 150. The second kappa shape index (κ2) is 79.5. The second-order valence-electron chi connectivity index (χ2n) is 41.8. The minimum atomic E-state index is -0.415. The third-order valence-electron chi connectivity index (χ3n) is 27.9. The molecular weight excluding hydrogens is 1870 g/mol. The lowest BCUT2D eigenvalue weighted by Crippen LogP contribution is -2.29. The van der Waals surface area contributed by atoms with Crippen molar-refractivity contribution < 1.29 is 76.3 Å². The van der Waals surface area contributed by atoms with Crippen molar-refractivity contribution in [2.45, 2.75) is 444 Å². The molecule has 0 amide bonds. The summed E-state index contributed by atoms with van der Waals surface area (Å²) in [5, 5.41) is 0. The van der Waals surface area contributed by atoms with E-state index in [0.717, 1.165) is 133 Å². The number of aryl methyl sites for hydroxylation is 2. The van der Waals surface area contributed by atoms with Gasteiger partial charge in [-0.25, -0.2) is 0 Å². The van der Waals surface area contributed by atoms with Gasteiger partial charge in [-0.3, -0.25) is 38.4 Å². The Morgan fingerprint density at radius 3 is 0.773 bits per heavy atom. The van der Waals surface area contributed by atoms with E-state index in [2.05, 4.69) is 65.8 Å². The summed E-state index contributed by atoms with van der Waals surface area (Å²) in [5.74, 6) is 0.679. The van der Waals surface area contributed by atoms with Gasteiger partial charge < -0.3 is 37.9 Å². The van der Waals surface area contributed by atoms with Gasteiger partial charge in [0.2, 0.25) is 0 Å². The molecule has 2 fully saturated rings. The highest BCUT2D eigenvalue weighted by Gasteiger charge is 2.38. The fourth-order valence-corrected chi connectivity index (χ4v) is 15.2. The Morgan fingerprint density at radius 2 is 0.487 bits per heavy atom. The van der Waals surface area contributed by atoms with Crippen LogP contribution in [0.1, 0.15) is 486 Å². The van der Waals surface area contributed by atoms with E-state index in [9.17, 15) is 38.4 Å². The monoisotopic (exact) mass is 2080 g/mol. The van der Waals surface area contributed by atoms with Gasteiger partial charge >= 0.3 is 47.8 Å². The van der Waals surface area contributed by atoms with Gasteiger partial charge in [-0.2, -0.15) is 0 Å². The number of hydrogen-bond acceptors (Lipinski definition) is 16. The molecule has 0 saturated heterocycles. The predicted molar refractivity (Wildman–Crippen MR) is 634 cm³/mol. The Kier molecular flexibility index (Phi) is 79.6. The highest BCUT2D eigenvalue weighted by Crippen LogP contribution is 2.43. The van der Waals surface area contributed by atoms with E-state index in [1.165, 1.54) is 51.4 Å². The van der Waals surface area contributed by atoms with Crippen LogP contribution in [0.15, 0.2) is 231 Å². The minimum Gasteiger partial charge on any atom is -0.458 e. The van der Waals surface area contributed by atoms with Crippen molar-refractivity contribution in [3.8, 4) is 0 Å². The van der Waals surface area contributed by atoms with E-state index in [0.29, 0.717) is 11.8 Å². The molecule has 10 rings (SSSR count). The molecule has 2 aliphatic carbocycles. The molecule has 0 heterocycles. The fourth-order valence-electron chi connectivity index (χ4n) is 15.2. The van der Waals surface area contributed by atoms with Gasteiger partial charge in [-0.05, 0) is 240 Å². The minimum absolute atomic E-state index is 0. The van der Waals surface area contributed by atoms with Crippen LogP contribution in [0.4, 0.5) is 0 Å². The molecule has 12 atom stereocenters. The van der Waals surface area contributed by atoms with Gasteiger partial charge in [0.1, 0.15) is 48.8 Å². The van der Waals surface area contributed by atoms with Crippen LogP contribution in [-0.4, -0.2) is 47.8 Å². The standard InChI is InChI=1S/C18H26O2.C17H24O2.2C16H24O2.3C15H22O2.C14H20O2.8CH4/c1-4-18(2,3)17(19)20-16(15-12-8-9-13-15)14-10-6-5-7-11-14;1-3-13(2)17(18)19-16(15-11-7-8-12-15)14-9-5-4-6-10-14;1-6-16(4,5)15(17)18-14(12(2)3)13-10-8-7-9-11-13;1-5-10-14(13-11-8-7-9-12-13)18-15(17)16(3,4)6-2;1-6-15(4,5)14(16)17-12(3)13-10-8-7-9-11(13)2;1-5-12(4)15(16)17-14(11(2)3)13-9-7-6-8-10-13;1-4-9-14(13-10-7-6-8-11-13)17-15(16)12(3)5-2;1-5-10(2)14(15)16-12(4)13-9-7-6-8-11(13)3;;;;;;;;/h5-7,10-11,15-16H,4,8-9,12-13H2,1-3H3;4-6,9-10,13,15-16H,3,7-8,11-12H2,1-2H3;7-12,14H,6H2,1-5H3;7-9,11-12,14H,5-6,10H2,1-4H3;7-10,12H,6H2,1-5H3;6-12,14H,5H2,1-4H3;6-8,10-12,14H,4-5,9H2,1-3H3;6-10,12H,5H2,1-4H3;8*1H4. The summed E-state index contributed by atoms with van der Waals surface area (Å²) in [4.78, 5) is 96.1. The summed E-state index contributed by atoms with van der Waals surface area (Å²) in [5.41, 5.74) is 9.44. The Balaban J connectivity index is -0.000000392. The predicted octanol–water partition coefficient (Wildman–Crippen LogP) is 39.1. The summed E-state index contributed by atoms with van der Waals surface area (Å²) in [6, 6.07) is 76.2. The number of carbonyl (C=O) groups is 8. The van der Waals surface area contributed by atoms with Crippen LogP contribution in [-0.2, 0) is 76.3 Å². The van der Waals surface area contributed by atoms with Gasteiger partial charge in [0.25, 0.3) is 0 Å². The molecule has 0 aliphatic heterocycles. The summed E-state index contributed by atoms with van der Waals surface area (Å²) in [6.45, 7) is 59.6. The van der Waals surface area contributed by atoms with Crippen LogP contribution in [0.25, 0.3) is 0 Å². The van der Waals surface area contributed by atoms with Gasteiger partial charge in [0.05, 0.1) is 45.3 Å². The average Bonchev–Trinajstić information content (AvgIpc) is 1.61. The van der Waals surface area contributed by atoms with E-state index in [1.807, 2.05) is 372 Å². The number of benzene rings is 8. The Labute approximate surface area is 917 Å². The van der Waals surface area contributed by atoms with Crippen LogP contribution < -0.4 is 0 Å². The molecule has 0 spiro atoms. The Hall–Kier alpha value is -10.5. The van der Waals surface area contributed by atoms with Gasteiger partial charge in [0, 0.05) is 11.8 Å². The smallest absolute Gasteiger partial charge is 0.312 e. The molecule has 2 saturated carbocycles. The number of esters is 8. The third-order valence-corrected chi connectivity index (χ3v) is 27.9. The zero-order valence-corrected chi connectivity index (χ0v) is 92.9. The highest BCUT2D eigenvalue weighted by molar-refractivity contribution is 5.78. The molecule has 0 N–H and O–H groups in total. The molecule has 0 radical (unpaired) electrons. The molecule has 0 aromatic heterocycles.